The number of cyclic esters (lactones) is 1. The molecule has 1 atom stereocenters. The minimum atomic E-state index is -1.97. The molecular weight excluding hydrogens is 474 g/mol. The Morgan fingerprint density at radius 1 is 0.973 bits per heavy atom. The Morgan fingerprint density at radius 2 is 1.73 bits per heavy atom. The molecule has 1 N–H and O–H groups in total. The van der Waals surface area contributed by atoms with Crippen LogP contribution in [0.2, 0.25) is 0 Å². The van der Waals surface area contributed by atoms with Crippen molar-refractivity contribution in [1.82, 2.24) is 4.90 Å². The summed E-state index contributed by atoms with van der Waals surface area (Å²) in [5.41, 5.74) is 3.66. The van der Waals surface area contributed by atoms with Gasteiger partial charge in [-0.1, -0.05) is 24.3 Å². The van der Waals surface area contributed by atoms with Crippen molar-refractivity contribution >= 4 is 11.5 Å². The molecule has 0 aromatic heterocycles. The molecule has 0 bridgehead atoms. The first kappa shape index (κ1) is 24.7. The lowest BCUT2D eigenvalue weighted by atomic mass is 9.87. The van der Waals surface area contributed by atoms with Gasteiger partial charge in [-0.3, -0.25) is 0 Å². The van der Waals surface area contributed by atoms with Crippen LogP contribution in [0, 0.1) is 0 Å². The van der Waals surface area contributed by atoms with Crippen LogP contribution in [0.1, 0.15) is 22.3 Å². The Bertz CT molecular complexity index is 1360. The molecule has 1 unspecified atom stereocenters. The summed E-state index contributed by atoms with van der Waals surface area (Å²) >= 11 is 0. The second kappa shape index (κ2) is 9.80. The molecule has 8 heteroatoms. The third kappa shape index (κ3) is 4.61. The summed E-state index contributed by atoms with van der Waals surface area (Å²) in [5, 5.41) is 11.9. The van der Waals surface area contributed by atoms with Crippen LogP contribution in [0.15, 0.2) is 66.2 Å². The fraction of sp³-hybridized carbons (Fsp3) is 0.276. The summed E-state index contributed by atoms with van der Waals surface area (Å²) in [7, 11) is 7.10. The number of carbonyl (C=O) groups is 1. The molecule has 0 spiro atoms. The van der Waals surface area contributed by atoms with Crippen molar-refractivity contribution in [2.24, 2.45) is 0 Å². The number of aliphatic hydroxyl groups is 1. The van der Waals surface area contributed by atoms with E-state index >= 15 is 0 Å². The summed E-state index contributed by atoms with van der Waals surface area (Å²) in [4.78, 5) is 15.5. The second-order valence-electron chi connectivity index (χ2n) is 9.26. The second-order valence-corrected chi connectivity index (χ2v) is 9.26. The van der Waals surface area contributed by atoms with E-state index in [1.165, 1.54) is 7.11 Å². The lowest BCUT2D eigenvalue weighted by Gasteiger charge is -2.26. The van der Waals surface area contributed by atoms with E-state index in [9.17, 15) is 9.90 Å². The number of nitrogens with zero attached hydrogens (tertiary/aromatic N) is 1. The molecule has 3 aromatic carbocycles. The predicted octanol–water partition coefficient (Wildman–Crippen LogP) is 3.89. The van der Waals surface area contributed by atoms with Gasteiger partial charge in [0, 0.05) is 24.1 Å². The summed E-state index contributed by atoms with van der Waals surface area (Å²) in [6.45, 7) is 0.817. The highest BCUT2D eigenvalue weighted by Gasteiger charge is 2.48. The number of hydrogen-bond donors (Lipinski definition) is 1. The van der Waals surface area contributed by atoms with Crippen molar-refractivity contribution in [2.45, 2.75) is 18.8 Å². The van der Waals surface area contributed by atoms with E-state index in [0.717, 1.165) is 17.7 Å². The van der Waals surface area contributed by atoms with Crippen LogP contribution < -0.4 is 18.9 Å². The first-order chi connectivity index (χ1) is 17.8. The van der Waals surface area contributed by atoms with E-state index in [1.54, 1.807) is 43.5 Å². The van der Waals surface area contributed by atoms with E-state index in [1.807, 2.05) is 32.3 Å². The first-order valence-corrected chi connectivity index (χ1v) is 11.9. The topological polar surface area (TPSA) is 86.7 Å². The van der Waals surface area contributed by atoms with Crippen LogP contribution >= 0.6 is 0 Å². The number of ether oxygens (including phenoxy) is 5. The highest BCUT2D eigenvalue weighted by atomic mass is 16.7. The number of rotatable bonds is 8. The van der Waals surface area contributed by atoms with E-state index < -0.39 is 11.8 Å². The fourth-order valence-electron chi connectivity index (χ4n) is 4.77. The number of hydrogen-bond acceptors (Lipinski definition) is 8. The Kier molecular flexibility index (Phi) is 6.54. The average Bonchev–Trinajstić information content (AvgIpc) is 3.45. The molecule has 0 saturated heterocycles. The van der Waals surface area contributed by atoms with Crippen molar-refractivity contribution in [3.05, 3.63) is 88.5 Å². The Hall–Kier alpha value is -4.01. The number of carbonyl (C=O) groups excluding carboxylic acids is 1. The Labute approximate surface area is 215 Å². The van der Waals surface area contributed by atoms with Gasteiger partial charge in [0.25, 0.3) is 5.79 Å². The monoisotopic (exact) mass is 503 g/mol. The molecule has 0 amide bonds. The molecule has 192 valence electrons. The summed E-state index contributed by atoms with van der Waals surface area (Å²) in [6.07, 6.45) is 0.279. The Balaban J connectivity index is 1.67. The molecule has 0 radical (unpaired) electrons. The first-order valence-electron chi connectivity index (χ1n) is 11.9. The van der Waals surface area contributed by atoms with E-state index in [-0.39, 0.29) is 18.8 Å². The standard InChI is InChI=1S/C29H29NO7/c1-30(2)16-19-7-5-6-18(12-19)13-23-26(20-14-24(34-4)27-25(15-20)35-17-36-27)28(31)37-29(23,32)21-8-10-22(33-3)11-9-21/h5-12,14-15,32H,13,16-17H2,1-4H3. The van der Waals surface area contributed by atoms with Gasteiger partial charge in [0.05, 0.1) is 19.8 Å². The zero-order valence-electron chi connectivity index (χ0n) is 21.2. The molecular formula is C29H29NO7. The highest BCUT2D eigenvalue weighted by Crippen LogP contribution is 2.49. The zero-order valence-corrected chi connectivity index (χ0v) is 21.2. The predicted molar refractivity (Wildman–Crippen MR) is 137 cm³/mol. The zero-order chi connectivity index (χ0) is 26.2. The number of fused-ring (bicyclic) bond motifs is 1. The molecule has 0 aliphatic carbocycles. The van der Waals surface area contributed by atoms with Crippen LogP contribution in [-0.4, -0.2) is 51.1 Å². The quantitative estimate of drug-likeness (QED) is 0.464. The Morgan fingerprint density at radius 3 is 2.43 bits per heavy atom. The van der Waals surface area contributed by atoms with Gasteiger partial charge < -0.3 is 33.7 Å². The number of benzene rings is 3. The molecule has 0 fully saturated rings. The summed E-state index contributed by atoms with van der Waals surface area (Å²) in [6, 6.07) is 18.3. The lowest BCUT2D eigenvalue weighted by Crippen LogP contribution is -2.29. The largest absolute Gasteiger partial charge is 0.497 e. The molecule has 2 aliphatic heterocycles. The maximum Gasteiger partial charge on any atom is 0.342 e. The van der Waals surface area contributed by atoms with Gasteiger partial charge in [-0.25, -0.2) is 4.79 Å². The number of methoxy groups -OCH3 is 2. The highest BCUT2D eigenvalue weighted by molar-refractivity contribution is 6.20. The van der Waals surface area contributed by atoms with Gasteiger partial charge >= 0.3 is 5.97 Å². The molecule has 37 heavy (non-hydrogen) atoms. The van der Waals surface area contributed by atoms with E-state index in [2.05, 4.69) is 11.0 Å². The van der Waals surface area contributed by atoms with Crippen LogP contribution in [0.25, 0.3) is 5.57 Å². The van der Waals surface area contributed by atoms with Crippen molar-refractivity contribution in [1.29, 1.82) is 0 Å². The van der Waals surface area contributed by atoms with E-state index in [0.29, 0.717) is 39.7 Å². The third-order valence-electron chi connectivity index (χ3n) is 6.45. The average molecular weight is 504 g/mol. The molecule has 0 saturated carbocycles. The molecule has 2 aliphatic rings. The van der Waals surface area contributed by atoms with Crippen molar-refractivity contribution in [2.75, 3.05) is 35.1 Å². The molecule has 3 aromatic rings. The van der Waals surface area contributed by atoms with Crippen molar-refractivity contribution in [3.8, 4) is 23.0 Å². The smallest absolute Gasteiger partial charge is 0.342 e. The van der Waals surface area contributed by atoms with Crippen molar-refractivity contribution < 1.29 is 33.6 Å². The van der Waals surface area contributed by atoms with Gasteiger partial charge in [0.15, 0.2) is 11.5 Å². The summed E-state index contributed by atoms with van der Waals surface area (Å²) < 4.78 is 27.6. The third-order valence-corrected chi connectivity index (χ3v) is 6.45. The van der Waals surface area contributed by atoms with Gasteiger partial charge in [-0.05, 0) is 67.2 Å². The summed E-state index contributed by atoms with van der Waals surface area (Å²) in [5.74, 6) is -0.626. The lowest BCUT2D eigenvalue weighted by molar-refractivity contribution is -0.185. The molecule has 8 nitrogen and oxygen atoms in total. The minimum Gasteiger partial charge on any atom is -0.497 e. The van der Waals surface area contributed by atoms with Crippen LogP contribution in [0.4, 0.5) is 0 Å². The van der Waals surface area contributed by atoms with E-state index in [4.69, 9.17) is 23.7 Å². The minimum absolute atomic E-state index is 0.0555. The number of esters is 1. The van der Waals surface area contributed by atoms with Gasteiger partial charge in [-0.15, -0.1) is 0 Å². The van der Waals surface area contributed by atoms with Gasteiger partial charge in [-0.2, -0.15) is 0 Å². The SMILES string of the molecule is COc1ccc(C2(O)OC(=O)C(c3cc(OC)c4c(c3)OCO4)=C2Cc2cccc(CN(C)C)c2)cc1. The van der Waals surface area contributed by atoms with Crippen LogP contribution in [0.3, 0.4) is 0 Å². The van der Waals surface area contributed by atoms with Crippen LogP contribution in [0.5, 0.6) is 23.0 Å². The normalized spacial score (nSPS) is 18.4. The maximum absolute atomic E-state index is 13.4. The molecule has 5 rings (SSSR count). The van der Waals surface area contributed by atoms with Gasteiger partial charge in [0.2, 0.25) is 12.5 Å². The maximum atomic E-state index is 13.4. The van der Waals surface area contributed by atoms with Crippen molar-refractivity contribution in [3.63, 3.8) is 0 Å². The van der Waals surface area contributed by atoms with Gasteiger partial charge in [0.1, 0.15) is 5.75 Å². The molecule has 2 heterocycles. The van der Waals surface area contributed by atoms with Crippen LogP contribution in [-0.2, 0) is 28.3 Å². The fourth-order valence-corrected chi connectivity index (χ4v) is 4.77.